The van der Waals surface area contributed by atoms with E-state index in [0.717, 1.165) is 49.2 Å². The predicted octanol–water partition coefficient (Wildman–Crippen LogP) is 3.06. The number of amides is 1. The highest BCUT2D eigenvalue weighted by molar-refractivity contribution is 5.94. The van der Waals surface area contributed by atoms with Crippen LogP contribution in [-0.4, -0.2) is 53.0 Å². The van der Waals surface area contributed by atoms with Crippen LogP contribution in [0.2, 0.25) is 0 Å². The van der Waals surface area contributed by atoms with Gasteiger partial charge in [0.1, 0.15) is 11.6 Å². The molecule has 144 valence electrons. The number of piperazine rings is 1. The zero-order valence-corrected chi connectivity index (χ0v) is 16.6. The second-order valence-electron chi connectivity index (χ2n) is 7.43. The van der Waals surface area contributed by atoms with E-state index < -0.39 is 0 Å². The summed E-state index contributed by atoms with van der Waals surface area (Å²) in [5.41, 5.74) is 1.84. The van der Waals surface area contributed by atoms with Crippen LogP contribution in [0.3, 0.4) is 0 Å². The number of carbonyl (C=O) groups excluding carboxylic acids is 1. The van der Waals surface area contributed by atoms with Gasteiger partial charge in [0.25, 0.3) is 0 Å². The second kappa shape index (κ2) is 8.48. The van der Waals surface area contributed by atoms with Gasteiger partial charge in [-0.05, 0) is 26.0 Å². The smallest absolute Gasteiger partial charge is 0.241 e. The summed E-state index contributed by atoms with van der Waals surface area (Å²) in [7, 11) is 0. The Bertz CT molecular complexity index is 769. The molecule has 0 saturated carbocycles. The molecule has 1 aromatic carbocycles. The Kier molecular flexibility index (Phi) is 6.06. The summed E-state index contributed by atoms with van der Waals surface area (Å²) >= 11 is 0. The topological polar surface area (TPSA) is 61.4 Å². The van der Waals surface area contributed by atoms with E-state index in [1.54, 1.807) is 0 Å². The molecule has 1 amide bonds. The molecular weight excluding hydrogens is 338 g/mol. The van der Waals surface area contributed by atoms with E-state index in [1.807, 2.05) is 50.2 Å². The molecule has 1 N–H and O–H groups in total. The number of rotatable bonds is 5. The summed E-state index contributed by atoms with van der Waals surface area (Å²) in [6.07, 6.45) is 0. The van der Waals surface area contributed by atoms with Gasteiger partial charge in [0, 0.05) is 49.5 Å². The van der Waals surface area contributed by atoms with Crippen molar-refractivity contribution < 1.29 is 4.79 Å². The minimum Gasteiger partial charge on any atom is -0.354 e. The average molecular weight is 367 g/mol. The minimum absolute atomic E-state index is 0.0367. The van der Waals surface area contributed by atoms with E-state index in [-0.39, 0.29) is 11.9 Å². The molecule has 1 atom stereocenters. The van der Waals surface area contributed by atoms with Crippen LogP contribution < -0.4 is 10.2 Å². The van der Waals surface area contributed by atoms with Crippen LogP contribution in [0.5, 0.6) is 0 Å². The van der Waals surface area contributed by atoms with Gasteiger partial charge in [0.05, 0.1) is 6.04 Å². The summed E-state index contributed by atoms with van der Waals surface area (Å²) < 4.78 is 0. The molecule has 1 aliphatic heterocycles. The lowest BCUT2D eigenvalue weighted by atomic mass is 10.2. The Morgan fingerprint density at radius 1 is 1.04 bits per heavy atom. The molecule has 1 aliphatic rings. The van der Waals surface area contributed by atoms with Gasteiger partial charge in [0.2, 0.25) is 5.91 Å². The highest BCUT2D eigenvalue weighted by Gasteiger charge is 2.26. The molecule has 0 radical (unpaired) electrons. The Morgan fingerprint density at radius 3 is 2.33 bits per heavy atom. The molecule has 0 aliphatic carbocycles. The summed E-state index contributed by atoms with van der Waals surface area (Å²) in [5, 5.41) is 2.99. The number of benzene rings is 1. The van der Waals surface area contributed by atoms with Crippen molar-refractivity contribution in [2.45, 2.75) is 39.7 Å². The largest absolute Gasteiger partial charge is 0.354 e. The van der Waals surface area contributed by atoms with Crippen LogP contribution in [0.4, 0.5) is 11.5 Å². The van der Waals surface area contributed by atoms with Crippen LogP contribution in [-0.2, 0) is 4.79 Å². The fraction of sp³-hybridized carbons (Fsp3) is 0.476. The number of carbonyl (C=O) groups is 1. The van der Waals surface area contributed by atoms with Crippen LogP contribution in [0.1, 0.15) is 38.2 Å². The second-order valence-corrected chi connectivity index (χ2v) is 7.43. The molecular formula is C21H29N5O. The maximum atomic E-state index is 12.5. The summed E-state index contributed by atoms with van der Waals surface area (Å²) in [6.45, 7) is 11.6. The van der Waals surface area contributed by atoms with Gasteiger partial charge >= 0.3 is 0 Å². The Hall–Kier alpha value is -2.47. The third-order valence-corrected chi connectivity index (χ3v) is 4.98. The van der Waals surface area contributed by atoms with Crippen molar-refractivity contribution in [1.82, 2.24) is 14.9 Å². The van der Waals surface area contributed by atoms with Crippen LogP contribution >= 0.6 is 0 Å². The Balaban J connectivity index is 1.59. The monoisotopic (exact) mass is 367 g/mol. The number of aryl methyl sites for hydroxylation is 1. The molecule has 0 unspecified atom stereocenters. The number of hydrogen-bond acceptors (Lipinski definition) is 5. The molecule has 0 spiro atoms. The third-order valence-electron chi connectivity index (χ3n) is 4.98. The first kappa shape index (κ1) is 19.3. The summed E-state index contributed by atoms with van der Waals surface area (Å²) in [5.74, 6) is 2.23. The molecule has 3 rings (SSSR count). The van der Waals surface area contributed by atoms with E-state index in [4.69, 9.17) is 4.98 Å². The summed E-state index contributed by atoms with van der Waals surface area (Å²) in [6, 6.07) is 11.5. The standard InChI is InChI=1S/C21H29N5O/c1-15(2)20-22-16(3)14-19(24-20)26-12-10-25(11-13-26)17(4)21(27)23-18-8-6-5-7-9-18/h5-9,14-15,17H,10-13H2,1-4H3,(H,23,27)/t17-/m0/s1. The molecule has 2 aromatic rings. The molecule has 6 nitrogen and oxygen atoms in total. The van der Waals surface area contributed by atoms with E-state index in [9.17, 15) is 4.79 Å². The minimum atomic E-state index is -0.161. The Labute approximate surface area is 161 Å². The third kappa shape index (κ3) is 4.83. The van der Waals surface area contributed by atoms with E-state index in [0.29, 0.717) is 5.92 Å². The SMILES string of the molecule is Cc1cc(N2CCN([C@@H](C)C(=O)Nc3ccccc3)CC2)nc(C(C)C)n1. The molecule has 0 bridgehead atoms. The van der Waals surface area contributed by atoms with Gasteiger partial charge < -0.3 is 10.2 Å². The fourth-order valence-corrected chi connectivity index (χ4v) is 3.27. The number of nitrogens with zero attached hydrogens (tertiary/aromatic N) is 4. The Morgan fingerprint density at radius 2 is 1.70 bits per heavy atom. The van der Waals surface area contributed by atoms with E-state index >= 15 is 0 Å². The predicted molar refractivity (Wildman–Crippen MR) is 109 cm³/mol. The molecule has 1 fully saturated rings. The number of para-hydroxylation sites is 1. The maximum absolute atomic E-state index is 12.5. The lowest BCUT2D eigenvalue weighted by Crippen LogP contribution is -2.53. The highest BCUT2D eigenvalue weighted by Crippen LogP contribution is 2.19. The van der Waals surface area contributed by atoms with E-state index in [2.05, 4.69) is 33.9 Å². The van der Waals surface area contributed by atoms with Crippen LogP contribution in [0, 0.1) is 6.92 Å². The van der Waals surface area contributed by atoms with E-state index in [1.165, 1.54) is 0 Å². The van der Waals surface area contributed by atoms with Crippen molar-refractivity contribution >= 4 is 17.4 Å². The zero-order valence-electron chi connectivity index (χ0n) is 16.6. The molecule has 1 aromatic heterocycles. The number of anilines is 2. The molecule has 27 heavy (non-hydrogen) atoms. The van der Waals surface area contributed by atoms with Gasteiger partial charge in [-0.25, -0.2) is 9.97 Å². The first-order chi connectivity index (χ1) is 12.9. The first-order valence-electron chi connectivity index (χ1n) is 9.64. The highest BCUT2D eigenvalue weighted by atomic mass is 16.2. The summed E-state index contributed by atoms with van der Waals surface area (Å²) in [4.78, 5) is 26.3. The van der Waals surface area contributed by atoms with Crippen molar-refractivity contribution in [3.05, 3.63) is 47.9 Å². The van der Waals surface area contributed by atoms with Crippen molar-refractivity contribution in [2.24, 2.45) is 0 Å². The number of aromatic nitrogens is 2. The lowest BCUT2D eigenvalue weighted by Gasteiger charge is -2.38. The van der Waals surface area contributed by atoms with Gasteiger partial charge in [-0.3, -0.25) is 9.69 Å². The molecule has 1 saturated heterocycles. The number of hydrogen-bond donors (Lipinski definition) is 1. The van der Waals surface area contributed by atoms with Crippen LogP contribution in [0.15, 0.2) is 36.4 Å². The van der Waals surface area contributed by atoms with Crippen molar-refractivity contribution in [3.63, 3.8) is 0 Å². The lowest BCUT2D eigenvalue weighted by molar-refractivity contribution is -0.120. The van der Waals surface area contributed by atoms with Crippen molar-refractivity contribution in [3.8, 4) is 0 Å². The van der Waals surface area contributed by atoms with Gasteiger partial charge in [-0.1, -0.05) is 32.0 Å². The van der Waals surface area contributed by atoms with Crippen molar-refractivity contribution in [1.29, 1.82) is 0 Å². The average Bonchev–Trinajstić information content (AvgIpc) is 2.67. The first-order valence-corrected chi connectivity index (χ1v) is 9.64. The quantitative estimate of drug-likeness (QED) is 0.880. The van der Waals surface area contributed by atoms with Gasteiger partial charge in [-0.2, -0.15) is 0 Å². The number of nitrogens with one attached hydrogen (secondary N) is 1. The van der Waals surface area contributed by atoms with Gasteiger partial charge in [0.15, 0.2) is 0 Å². The fourth-order valence-electron chi connectivity index (χ4n) is 3.27. The maximum Gasteiger partial charge on any atom is 0.241 e. The van der Waals surface area contributed by atoms with Gasteiger partial charge in [-0.15, -0.1) is 0 Å². The molecule has 6 heteroatoms. The van der Waals surface area contributed by atoms with Crippen molar-refractivity contribution in [2.75, 3.05) is 36.4 Å². The molecule has 2 heterocycles. The normalized spacial score (nSPS) is 16.4. The zero-order chi connectivity index (χ0) is 19.4. The van der Waals surface area contributed by atoms with Crippen LogP contribution in [0.25, 0.3) is 0 Å².